The Balaban J connectivity index is 1.34. The van der Waals surface area contributed by atoms with Crippen LogP contribution >= 0.6 is 0 Å². The number of hydrogen-bond acceptors (Lipinski definition) is 6. The number of carbonyl (C=O) groups excluding carboxylic acids is 3. The lowest BCUT2D eigenvalue weighted by atomic mass is 9.88. The number of aromatic nitrogens is 3. The summed E-state index contributed by atoms with van der Waals surface area (Å²) >= 11 is 0. The molecule has 38 heavy (non-hydrogen) atoms. The molecule has 5 rings (SSSR count). The molecule has 4 aromatic rings. The van der Waals surface area contributed by atoms with E-state index in [2.05, 4.69) is 20.3 Å². The minimum absolute atomic E-state index is 0.0613. The molecule has 9 nitrogen and oxygen atoms in total. The zero-order valence-electron chi connectivity index (χ0n) is 21.3. The molecule has 0 saturated carbocycles. The van der Waals surface area contributed by atoms with E-state index in [1.54, 1.807) is 6.20 Å². The summed E-state index contributed by atoms with van der Waals surface area (Å²) in [5.41, 5.74) is 2.79. The van der Waals surface area contributed by atoms with Crippen LogP contribution in [0.3, 0.4) is 0 Å². The minimum atomic E-state index is -0.113. The van der Waals surface area contributed by atoms with E-state index in [4.69, 9.17) is 0 Å². The van der Waals surface area contributed by atoms with Crippen molar-refractivity contribution in [3.8, 4) is 0 Å². The highest BCUT2D eigenvalue weighted by atomic mass is 16.2. The van der Waals surface area contributed by atoms with E-state index in [-0.39, 0.29) is 23.5 Å². The van der Waals surface area contributed by atoms with Crippen molar-refractivity contribution < 1.29 is 14.4 Å². The van der Waals surface area contributed by atoms with Crippen LogP contribution in [0.4, 0.5) is 11.5 Å². The van der Waals surface area contributed by atoms with Gasteiger partial charge < -0.3 is 20.1 Å². The number of amides is 2. The first-order valence-electron chi connectivity index (χ1n) is 12.8. The third-order valence-electron chi connectivity index (χ3n) is 6.91. The Hall–Kier alpha value is -4.53. The normalized spacial score (nSPS) is 13.9. The third-order valence-corrected chi connectivity index (χ3v) is 6.91. The Bertz CT molecular complexity index is 1440. The van der Waals surface area contributed by atoms with Gasteiger partial charge in [0.25, 0.3) is 5.91 Å². The van der Waals surface area contributed by atoms with Gasteiger partial charge in [0.1, 0.15) is 17.8 Å². The van der Waals surface area contributed by atoms with Crippen LogP contribution in [0.25, 0.3) is 11.0 Å². The zero-order valence-corrected chi connectivity index (χ0v) is 21.3. The molecule has 0 aliphatic carbocycles. The Morgan fingerprint density at radius 3 is 2.53 bits per heavy atom. The predicted octanol–water partition coefficient (Wildman–Crippen LogP) is 3.97. The lowest BCUT2D eigenvalue weighted by Crippen LogP contribution is -2.40. The Labute approximate surface area is 220 Å². The summed E-state index contributed by atoms with van der Waals surface area (Å²) < 4.78 is 0. The summed E-state index contributed by atoms with van der Waals surface area (Å²) in [5, 5.41) is 3.68. The number of hydrogen-bond donors (Lipinski definition) is 2. The Morgan fingerprint density at radius 1 is 1.00 bits per heavy atom. The molecule has 3 heterocycles. The molecule has 0 atom stereocenters. The first-order valence-corrected chi connectivity index (χ1v) is 12.8. The Kier molecular flexibility index (Phi) is 7.44. The first-order chi connectivity index (χ1) is 18.5. The largest absolute Gasteiger partial charge is 0.355 e. The predicted molar refractivity (Wildman–Crippen MR) is 145 cm³/mol. The number of nitrogens with one attached hydrogen (secondary N) is 2. The second kappa shape index (κ2) is 11.2. The van der Waals surface area contributed by atoms with E-state index in [1.165, 1.54) is 13.3 Å². The van der Waals surface area contributed by atoms with Crippen LogP contribution in [0.1, 0.15) is 40.5 Å². The van der Waals surface area contributed by atoms with Gasteiger partial charge in [0.2, 0.25) is 5.91 Å². The van der Waals surface area contributed by atoms with Crippen molar-refractivity contribution in [1.82, 2.24) is 25.2 Å². The van der Waals surface area contributed by atoms with Gasteiger partial charge in [0, 0.05) is 62.0 Å². The van der Waals surface area contributed by atoms with Crippen LogP contribution in [0.15, 0.2) is 73.2 Å². The highest BCUT2D eigenvalue weighted by molar-refractivity contribution is 5.99. The minimum Gasteiger partial charge on any atom is -0.355 e. The smallest absolute Gasteiger partial charge is 0.253 e. The standard InChI is InChI=1S/C29H30N6O3/c1-20(36)30-14-17-35(28-25-10-13-31-27(25)32-19-33-28)24-9-5-8-23(18-24)29(38)34-15-11-22(12-16-34)26(37)21-6-3-2-4-7-21/h2-10,13,18-19,22H,11-12,14-17H2,1H3,(H,30,36)(H,31,32,33). The van der Waals surface area contributed by atoms with Crippen molar-refractivity contribution in [2.75, 3.05) is 31.1 Å². The number of rotatable bonds is 8. The summed E-state index contributed by atoms with van der Waals surface area (Å²) in [4.78, 5) is 53.5. The molecule has 1 aliphatic rings. The summed E-state index contributed by atoms with van der Waals surface area (Å²) in [6.07, 6.45) is 4.60. The highest BCUT2D eigenvalue weighted by Crippen LogP contribution is 2.30. The molecule has 2 aromatic heterocycles. The number of piperidine rings is 1. The molecular weight excluding hydrogens is 480 g/mol. The molecule has 0 spiro atoms. The van der Waals surface area contributed by atoms with E-state index >= 15 is 0 Å². The van der Waals surface area contributed by atoms with Gasteiger partial charge in [0.15, 0.2) is 5.78 Å². The average molecular weight is 511 g/mol. The highest BCUT2D eigenvalue weighted by Gasteiger charge is 2.28. The Morgan fingerprint density at radius 2 is 1.76 bits per heavy atom. The number of nitrogens with zero attached hydrogens (tertiary/aromatic N) is 4. The van der Waals surface area contributed by atoms with E-state index in [0.717, 1.165) is 16.6 Å². The van der Waals surface area contributed by atoms with Crippen molar-refractivity contribution in [3.05, 3.63) is 84.3 Å². The number of aromatic amines is 1. The number of fused-ring (bicyclic) bond motifs is 1. The van der Waals surface area contributed by atoms with E-state index in [0.29, 0.717) is 56.0 Å². The number of likely N-dealkylation sites (tertiary alicyclic amines) is 1. The average Bonchev–Trinajstić information content (AvgIpc) is 3.45. The zero-order chi connectivity index (χ0) is 26.5. The summed E-state index contributed by atoms with van der Waals surface area (Å²) in [6.45, 7) is 3.42. The summed E-state index contributed by atoms with van der Waals surface area (Å²) in [7, 11) is 0. The quantitative estimate of drug-likeness (QED) is 0.347. The topological polar surface area (TPSA) is 111 Å². The van der Waals surface area contributed by atoms with Crippen molar-refractivity contribution in [2.45, 2.75) is 19.8 Å². The monoisotopic (exact) mass is 510 g/mol. The number of anilines is 2. The van der Waals surface area contributed by atoms with Gasteiger partial charge in [-0.2, -0.15) is 0 Å². The van der Waals surface area contributed by atoms with E-state index in [1.807, 2.05) is 70.5 Å². The summed E-state index contributed by atoms with van der Waals surface area (Å²) in [6, 6.07) is 18.7. The molecule has 2 N–H and O–H groups in total. The molecular formula is C29H30N6O3. The van der Waals surface area contributed by atoms with Gasteiger partial charge in [0.05, 0.1) is 5.39 Å². The van der Waals surface area contributed by atoms with Crippen LogP contribution in [-0.4, -0.2) is 63.6 Å². The fourth-order valence-corrected chi connectivity index (χ4v) is 4.95. The van der Waals surface area contributed by atoms with E-state index in [9.17, 15) is 14.4 Å². The van der Waals surface area contributed by atoms with Crippen molar-refractivity contribution in [2.24, 2.45) is 5.92 Å². The first kappa shape index (κ1) is 25.1. The van der Waals surface area contributed by atoms with Crippen LogP contribution < -0.4 is 10.2 Å². The van der Waals surface area contributed by atoms with Crippen LogP contribution in [0.5, 0.6) is 0 Å². The molecule has 1 fully saturated rings. The maximum Gasteiger partial charge on any atom is 0.253 e. The van der Waals surface area contributed by atoms with Crippen molar-refractivity contribution in [1.29, 1.82) is 0 Å². The van der Waals surface area contributed by atoms with Gasteiger partial charge >= 0.3 is 0 Å². The van der Waals surface area contributed by atoms with Gasteiger partial charge in [-0.15, -0.1) is 0 Å². The molecule has 1 aliphatic heterocycles. The van der Waals surface area contributed by atoms with Crippen LogP contribution in [0.2, 0.25) is 0 Å². The maximum absolute atomic E-state index is 13.5. The molecule has 2 amide bonds. The van der Waals surface area contributed by atoms with E-state index < -0.39 is 0 Å². The van der Waals surface area contributed by atoms with Crippen molar-refractivity contribution >= 4 is 40.1 Å². The fourth-order valence-electron chi connectivity index (χ4n) is 4.95. The molecule has 1 saturated heterocycles. The molecule has 194 valence electrons. The third kappa shape index (κ3) is 5.41. The lowest BCUT2D eigenvalue weighted by molar-refractivity contribution is -0.118. The van der Waals surface area contributed by atoms with Gasteiger partial charge in [-0.05, 0) is 37.1 Å². The van der Waals surface area contributed by atoms with Crippen LogP contribution in [0, 0.1) is 5.92 Å². The maximum atomic E-state index is 13.5. The lowest BCUT2D eigenvalue weighted by Gasteiger charge is -2.32. The summed E-state index contributed by atoms with van der Waals surface area (Å²) in [5.74, 6) is 0.590. The van der Waals surface area contributed by atoms with Crippen molar-refractivity contribution in [3.63, 3.8) is 0 Å². The number of H-pyrrole nitrogens is 1. The molecule has 9 heteroatoms. The molecule has 0 radical (unpaired) electrons. The fraction of sp³-hybridized carbons (Fsp3) is 0.276. The van der Waals surface area contributed by atoms with Gasteiger partial charge in [-0.1, -0.05) is 36.4 Å². The number of Topliss-reactive ketones (excluding diaryl/α,β-unsaturated/α-hetero) is 1. The second-order valence-electron chi connectivity index (χ2n) is 9.42. The number of benzene rings is 2. The van der Waals surface area contributed by atoms with Gasteiger partial charge in [-0.25, -0.2) is 9.97 Å². The molecule has 0 bridgehead atoms. The number of carbonyl (C=O) groups is 3. The second-order valence-corrected chi connectivity index (χ2v) is 9.42. The van der Waals surface area contributed by atoms with Gasteiger partial charge in [-0.3, -0.25) is 14.4 Å². The SMILES string of the molecule is CC(=O)NCCN(c1cccc(C(=O)N2CCC(C(=O)c3ccccc3)CC2)c1)c1ncnc2[nH]ccc12. The molecule has 2 aromatic carbocycles. The number of ketones is 1. The van der Waals surface area contributed by atoms with Crippen LogP contribution in [-0.2, 0) is 4.79 Å². The molecule has 0 unspecified atom stereocenters.